The van der Waals surface area contributed by atoms with Crippen LogP contribution in [0.5, 0.6) is 0 Å². The molecule has 12 heteroatoms. The normalized spacial score (nSPS) is 12.0. The van der Waals surface area contributed by atoms with Gasteiger partial charge in [-0.3, -0.25) is 24.0 Å². The molecule has 0 radical (unpaired) electrons. The molecule has 0 saturated carbocycles. The van der Waals surface area contributed by atoms with Crippen molar-refractivity contribution in [1.29, 1.82) is 0 Å². The van der Waals surface area contributed by atoms with Gasteiger partial charge in [0.2, 0.25) is 23.6 Å². The van der Waals surface area contributed by atoms with Gasteiger partial charge in [-0.25, -0.2) is 0 Å². The first-order chi connectivity index (χ1) is 20.4. The molecule has 0 bridgehead atoms. The summed E-state index contributed by atoms with van der Waals surface area (Å²) in [6.07, 6.45) is 0.487. The third kappa shape index (κ3) is 17.9. The molecule has 0 aliphatic heterocycles. The molecule has 0 aliphatic carbocycles. The largest absolute Gasteiger partial charge is 0.461 e. The number of nitrogens with one attached hydrogen (secondary N) is 4. The fraction of sp³-hybridized carbons (Fsp3) is 0.645. The summed E-state index contributed by atoms with van der Waals surface area (Å²) in [6, 6.07) is 5.16. The molecule has 4 N–H and O–H groups in total. The average Bonchev–Trinajstić information content (AvgIpc) is 2.98. The first kappa shape index (κ1) is 39.5. The van der Waals surface area contributed by atoms with Crippen molar-refractivity contribution in [2.45, 2.75) is 86.9 Å². The number of hydrogen-bond acceptors (Lipinski definition) is 8. The molecule has 0 aromatic heterocycles. The van der Waals surface area contributed by atoms with Gasteiger partial charge < -0.3 is 35.5 Å². The van der Waals surface area contributed by atoms with Crippen LogP contribution in [-0.4, -0.2) is 74.7 Å². The molecule has 1 rings (SSSR count). The second-order valence-corrected chi connectivity index (χ2v) is 10.1. The van der Waals surface area contributed by atoms with Crippen LogP contribution in [0.1, 0.15) is 73.8 Å². The highest BCUT2D eigenvalue weighted by atomic mass is 16.5. The van der Waals surface area contributed by atoms with Crippen molar-refractivity contribution in [2.24, 2.45) is 11.8 Å². The van der Waals surface area contributed by atoms with E-state index in [0.29, 0.717) is 38.5 Å². The average molecular weight is 609 g/mol. The number of rotatable bonds is 19. The SMILES string of the molecule is CC.CCC(=O)NCCOCCOCCC(=O)N[C@H](C(=O)NC(C)C(=O)Nc1ccc(COC(=O)C(C)C)cc1)C(C)C. The van der Waals surface area contributed by atoms with Crippen molar-refractivity contribution in [3.63, 3.8) is 0 Å². The molecule has 12 nitrogen and oxygen atoms in total. The van der Waals surface area contributed by atoms with Gasteiger partial charge in [0.1, 0.15) is 18.7 Å². The molecule has 0 fully saturated rings. The summed E-state index contributed by atoms with van der Waals surface area (Å²) in [5.74, 6) is -1.99. The summed E-state index contributed by atoms with van der Waals surface area (Å²) in [5, 5.41) is 10.8. The third-order valence-electron chi connectivity index (χ3n) is 5.83. The van der Waals surface area contributed by atoms with Gasteiger partial charge in [0.05, 0.1) is 32.3 Å². The fourth-order valence-electron chi connectivity index (χ4n) is 3.28. The van der Waals surface area contributed by atoms with E-state index < -0.39 is 23.9 Å². The van der Waals surface area contributed by atoms with Crippen LogP contribution < -0.4 is 21.3 Å². The Morgan fingerprint density at radius 2 is 1.37 bits per heavy atom. The van der Waals surface area contributed by atoms with E-state index in [1.165, 1.54) is 0 Å². The van der Waals surface area contributed by atoms with E-state index in [9.17, 15) is 24.0 Å². The van der Waals surface area contributed by atoms with E-state index in [0.717, 1.165) is 5.56 Å². The minimum atomic E-state index is -0.856. The molecule has 244 valence electrons. The molecule has 1 aromatic carbocycles. The zero-order valence-electron chi connectivity index (χ0n) is 27.0. The number of carbonyl (C=O) groups excluding carboxylic acids is 5. The molecular weight excluding hydrogens is 556 g/mol. The Bertz CT molecular complexity index is 983. The quantitative estimate of drug-likeness (QED) is 0.138. The van der Waals surface area contributed by atoms with Crippen molar-refractivity contribution in [3.05, 3.63) is 29.8 Å². The Kier molecular flexibility index (Phi) is 21.1. The fourth-order valence-corrected chi connectivity index (χ4v) is 3.28. The van der Waals surface area contributed by atoms with E-state index >= 15 is 0 Å². The number of hydrogen-bond donors (Lipinski definition) is 4. The first-order valence-corrected chi connectivity index (χ1v) is 15.0. The van der Waals surface area contributed by atoms with Gasteiger partial charge in [-0.05, 0) is 30.5 Å². The number of anilines is 1. The highest BCUT2D eigenvalue weighted by Gasteiger charge is 2.27. The number of carbonyl (C=O) groups is 5. The summed E-state index contributed by atoms with van der Waals surface area (Å²) < 4.78 is 15.9. The zero-order valence-corrected chi connectivity index (χ0v) is 27.0. The van der Waals surface area contributed by atoms with Crippen LogP contribution in [0.2, 0.25) is 0 Å². The molecule has 1 unspecified atom stereocenters. The Hall–Kier alpha value is -3.51. The van der Waals surface area contributed by atoms with Crippen molar-refractivity contribution in [1.82, 2.24) is 16.0 Å². The van der Waals surface area contributed by atoms with Gasteiger partial charge in [-0.15, -0.1) is 0 Å². The third-order valence-corrected chi connectivity index (χ3v) is 5.83. The molecule has 0 heterocycles. The van der Waals surface area contributed by atoms with Crippen LogP contribution in [0.4, 0.5) is 5.69 Å². The molecule has 4 amide bonds. The number of amides is 4. The Labute approximate surface area is 256 Å². The van der Waals surface area contributed by atoms with E-state index in [2.05, 4.69) is 21.3 Å². The van der Waals surface area contributed by atoms with Gasteiger partial charge in [0.25, 0.3) is 0 Å². The number of esters is 1. The van der Waals surface area contributed by atoms with Crippen molar-refractivity contribution < 1.29 is 38.2 Å². The van der Waals surface area contributed by atoms with Crippen LogP contribution in [-0.2, 0) is 44.8 Å². The van der Waals surface area contributed by atoms with E-state index in [-0.39, 0.29) is 49.3 Å². The van der Waals surface area contributed by atoms with Gasteiger partial charge in [-0.2, -0.15) is 0 Å². The summed E-state index contributed by atoms with van der Waals surface area (Å²) in [6.45, 7) is 16.2. The molecule has 0 aliphatic rings. The summed E-state index contributed by atoms with van der Waals surface area (Å²) in [4.78, 5) is 60.6. The topological polar surface area (TPSA) is 161 Å². The van der Waals surface area contributed by atoms with Gasteiger partial charge in [0.15, 0.2) is 0 Å². The number of benzene rings is 1. The van der Waals surface area contributed by atoms with Crippen LogP contribution in [0.3, 0.4) is 0 Å². The molecule has 0 saturated heterocycles. The monoisotopic (exact) mass is 608 g/mol. The lowest BCUT2D eigenvalue weighted by molar-refractivity contribution is -0.148. The van der Waals surface area contributed by atoms with Gasteiger partial charge >= 0.3 is 5.97 Å². The van der Waals surface area contributed by atoms with Crippen molar-refractivity contribution in [3.8, 4) is 0 Å². The highest BCUT2D eigenvalue weighted by molar-refractivity contribution is 5.98. The molecule has 1 aromatic rings. The maximum absolute atomic E-state index is 12.8. The lowest BCUT2D eigenvalue weighted by Crippen LogP contribution is -2.53. The van der Waals surface area contributed by atoms with Crippen molar-refractivity contribution in [2.75, 3.05) is 38.3 Å². The van der Waals surface area contributed by atoms with Crippen molar-refractivity contribution >= 4 is 35.3 Å². The minimum absolute atomic E-state index is 0.0344. The van der Waals surface area contributed by atoms with E-state index in [1.807, 2.05) is 13.8 Å². The minimum Gasteiger partial charge on any atom is -0.461 e. The van der Waals surface area contributed by atoms with Gasteiger partial charge in [0, 0.05) is 25.1 Å². The second kappa shape index (κ2) is 23.0. The summed E-state index contributed by atoms with van der Waals surface area (Å²) in [5.41, 5.74) is 1.30. The van der Waals surface area contributed by atoms with Crippen LogP contribution >= 0.6 is 0 Å². The summed E-state index contributed by atoms with van der Waals surface area (Å²) in [7, 11) is 0. The van der Waals surface area contributed by atoms with Gasteiger partial charge in [-0.1, -0.05) is 60.6 Å². The first-order valence-electron chi connectivity index (χ1n) is 15.0. The lowest BCUT2D eigenvalue weighted by Gasteiger charge is -2.24. The second-order valence-electron chi connectivity index (χ2n) is 10.1. The lowest BCUT2D eigenvalue weighted by atomic mass is 10.0. The summed E-state index contributed by atoms with van der Waals surface area (Å²) >= 11 is 0. The highest BCUT2D eigenvalue weighted by Crippen LogP contribution is 2.12. The molecule has 2 atom stereocenters. The maximum Gasteiger partial charge on any atom is 0.308 e. The predicted octanol–water partition coefficient (Wildman–Crippen LogP) is 2.95. The molecule has 0 spiro atoms. The van der Waals surface area contributed by atoms with E-state index in [1.54, 1.807) is 65.8 Å². The molecular formula is C31H52N4O8. The number of ether oxygens (including phenoxy) is 3. The smallest absolute Gasteiger partial charge is 0.308 e. The predicted molar refractivity (Wildman–Crippen MR) is 165 cm³/mol. The maximum atomic E-state index is 12.8. The Morgan fingerprint density at radius 1 is 0.767 bits per heavy atom. The van der Waals surface area contributed by atoms with E-state index in [4.69, 9.17) is 14.2 Å². The Morgan fingerprint density at radius 3 is 1.93 bits per heavy atom. The van der Waals surface area contributed by atoms with Crippen LogP contribution in [0, 0.1) is 11.8 Å². The zero-order chi connectivity index (χ0) is 32.8. The Balaban J connectivity index is 0.00000862. The van der Waals surface area contributed by atoms with Crippen LogP contribution in [0.15, 0.2) is 24.3 Å². The molecule has 43 heavy (non-hydrogen) atoms. The van der Waals surface area contributed by atoms with Crippen LogP contribution in [0.25, 0.3) is 0 Å². The standard InChI is InChI=1S/C29H46N4O8.C2H6/c1-7-24(34)30-13-15-40-17-16-39-14-12-25(35)33-26(19(2)3)28(37)31-21(6)27(36)32-23-10-8-22(9-11-23)18-41-29(38)20(4)5;1-2/h8-11,19-21,26H,7,12-18H2,1-6H3,(H,30,34)(H,31,37)(H,32,36)(H,33,35);1-2H3/t21?,26-;/m0./s1.